The smallest absolute Gasteiger partial charge is 0.243 e. The van der Waals surface area contributed by atoms with Gasteiger partial charge in [-0.25, -0.2) is 0 Å². The van der Waals surface area contributed by atoms with E-state index in [1.807, 2.05) is 39.0 Å². The summed E-state index contributed by atoms with van der Waals surface area (Å²) < 4.78 is 0. The van der Waals surface area contributed by atoms with E-state index in [0.29, 0.717) is 13.0 Å². The van der Waals surface area contributed by atoms with Crippen molar-refractivity contribution in [1.82, 2.24) is 10.2 Å². The predicted molar refractivity (Wildman–Crippen MR) is 102 cm³/mol. The van der Waals surface area contributed by atoms with Gasteiger partial charge in [-0.2, -0.15) is 0 Å². The van der Waals surface area contributed by atoms with Gasteiger partial charge in [0, 0.05) is 25.2 Å². The quantitative estimate of drug-likeness (QED) is 0.819. The van der Waals surface area contributed by atoms with Crippen molar-refractivity contribution in [2.45, 2.75) is 46.5 Å². The van der Waals surface area contributed by atoms with Crippen LogP contribution >= 0.6 is 0 Å². The number of anilines is 1. The minimum Gasteiger partial charge on any atom is -0.347 e. The van der Waals surface area contributed by atoms with Gasteiger partial charge in [0.05, 0.1) is 12.5 Å². The number of likely N-dealkylation sites (tertiary alicyclic amines) is 1. The maximum atomic E-state index is 12.4. The van der Waals surface area contributed by atoms with Crippen LogP contribution < -0.4 is 10.6 Å². The molecule has 1 aromatic carbocycles. The lowest BCUT2D eigenvalue weighted by Gasteiger charge is -2.32. The van der Waals surface area contributed by atoms with Crippen LogP contribution in [0, 0.1) is 19.8 Å². The summed E-state index contributed by atoms with van der Waals surface area (Å²) in [7, 11) is 0. The number of hydrogen-bond donors (Lipinski definition) is 2. The summed E-state index contributed by atoms with van der Waals surface area (Å²) >= 11 is 0. The number of benzene rings is 1. The summed E-state index contributed by atoms with van der Waals surface area (Å²) in [5.74, 6) is -0.531. The van der Waals surface area contributed by atoms with Gasteiger partial charge in [0.15, 0.2) is 0 Å². The van der Waals surface area contributed by atoms with Crippen LogP contribution in [0.5, 0.6) is 0 Å². The van der Waals surface area contributed by atoms with Crippen LogP contribution in [-0.2, 0) is 14.4 Å². The molecule has 0 aliphatic carbocycles. The topological polar surface area (TPSA) is 78.5 Å². The second kappa shape index (κ2) is 9.36. The minimum absolute atomic E-state index is 0.0635. The van der Waals surface area contributed by atoms with Crippen molar-refractivity contribution in [3.05, 3.63) is 29.3 Å². The van der Waals surface area contributed by atoms with Gasteiger partial charge >= 0.3 is 0 Å². The van der Waals surface area contributed by atoms with Gasteiger partial charge in [-0.1, -0.05) is 25.1 Å². The normalized spacial score (nSPS) is 16.9. The summed E-state index contributed by atoms with van der Waals surface area (Å²) in [5, 5.41) is 5.58. The third-order valence-electron chi connectivity index (χ3n) is 4.78. The van der Waals surface area contributed by atoms with E-state index >= 15 is 0 Å². The predicted octanol–water partition coefficient (Wildman–Crippen LogP) is 2.40. The first kappa shape index (κ1) is 19.9. The maximum Gasteiger partial charge on any atom is 0.243 e. The fourth-order valence-corrected chi connectivity index (χ4v) is 3.30. The zero-order valence-corrected chi connectivity index (χ0v) is 15.9. The second-order valence-electron chi connectivity index (χ2n) is 6.96. The molecule has 1 aliphatic rings. The molecular formula is C20H29N3O3. The molecule has 0 radical (unpaired) electrons. The summed E-state index contributed by atoms with van der Waals surface area (Å²) in [5.41, 5.74) is 2.77. The van der Waals surface area contributed by atoms with E-state index in [0.717, 1.165) is 42.6 Å². The van der Waals surface area contributed by atoms with Gasteiger partial charge in [0.25, 0.3) is 0 Å². The van der Waals surface area contributed by atoms with Crippen LogP contribution in [0.15, 0.2) is 18.2 Å². The molecule has 1 aliphatic heterocycles. The van der Waals surface area contributed by atoms with Crippen LogP contribution in [0.4, 0.5) is 5.69 Å². The Balaban J connectivity index is 1.84. The lowest BCUT2D eigenvalue weighted by Crippen LogP contribution is -2.46. The van der Waals surface area contributed by atoms with Crippen molar-refractivity contribution in [3.8, 4) is 0 Å². The number of carbonyl (C=O) groups is 3. The van der Waals surface area contributed by atoms with Gasteiger partial charge < -0.3 is 15.5 Å². The van der Waals surface area contributed by atoms with E-state index in [1.54, 1.807) is 4.90 Å². The molecule has 2 rings (SSSR count). The van der Waals surface area contributed by atoms with Crippen molar-refractivity contribution in [1.29, 1.82) is 0 Å². The largest absolute Gasteiger partial charge is 0.347 e. The highest BCUT2D eigenvalue weighted by molar-refractivity contribution is 5.96. The fraction of sp³-hybridized carbons (Fsp3) is 0.550. The van der Waals surface area contributed by atoms with E-state index in [4.69, 9.17) is 0 Å². The number of hydrogen-bond acceptors (Lipinski definition) is 3. The molecule has 0 saturated carbocycles. The lowest BCUT2D eigenvalue weighted by molar-refractivity contribution is -0.136. The van der Waals surface area contributed by atoms with Crippen LogP contribution in [0.3, 0.4) is 0 Å². The zero-order chi connectivity index (χ0) is 19.1. The average molecular weight is 359 g/mol. The van der Waals surface area contributed by atoms with Crippen molar-refractivity contribution in [2.24, 2.45) is 5.92 Å². The molecule has 6 heteroatoms. The average Bonchev–Trinajstić information content (AvgIpc) is 2.63. The van der Waals surface area contributed by atoms with Crippen molar-refractivity contribution in [2.75, 3.05) is 25.0 Å². The van der Waals surface area contributed by atoms with Gasteiger partial charge in [0.1, 0.15) is 0 Å². The number of aryl methyl sites for hydroxylation is 2. The first-order valence-corrected chi connectivity index (χ1v) is 9.34. The van der Waals surface area contributed by atoms with E-state index in [9.17, 15) is 14.4 Å². The monoisotopic (exact) mass is 359 g/mol. The van der Waals surface area contributed by atoms with Crippen LogP contribution in [0.2, 0.25) is 0 Å². The van der Waals surface area contributed by atoms with Gasteiger partial charge in [-0.15, -0.1) is 0 Å². The SMILES string of the molecule is CCCC(=O)N1CCCC(C(=O)NCC(=O)Nc2c(C)cccc2C)C1. The highest BCUT2D eigenvalue weighted by Crippen LogP contribution is 2.19. The van der Waals surface area contributed by atoms with Crippen LogP contribution in [0.25, 0.3) is 0 Å². The third kappa shape index (κ3) is 5.31. The molecule has 2 N–H and O–H groups in total. The fourth-order valence-electron chi connectivity index (χ4n) is 3.30. The van der Waals surface area contributed by atoms with Gasteiger partial charge in [0.2, 0.25) is 17.7 Å². The Morgan fingerprint density at radius 3 is 2.54 bits per heavy atom. The summed E-state index contributed by atoms with van der Waals surface area (Å²) in [6.45, 7) is 6.95. The minimum atomic E-state index is -0.245. The summed E-state index contributed by atoms with van der Waals surface area (Å²) in [6, 6.07) is 5.81. The number of nitrogens with one attached hydrogen (secondary N) is 2. The Bertz CT molecular complexity index is 652. The summed E-state index contributed by atoms with van der Waals surface area (Å²) in [6.07, 6.45) is 2.90. The Morgan fingerprint density at radius 2 is 1.88 bits per heavy atom. The molecule has 0 bridgehead atoms. The molecule has 26 heavy (non-hydrogen) atoms. The second-order valence-corrected chi connectivity index (χ2v) is 6.96. The molecule has 1 atom stereocenters. The Kier molecular flexibility index (Phi) is 7.18. The molecule has 1 heterocycles. The van der Waals surface area contributed by atoms with E-state index in [-0.39, 0.29) is 30.2 Å². The number of nitrogens with zero attached hydrogens (tertiary/aromatic N) is 1. The third-order valence-corrected chi connectivity index (χ3v) is 4.78. The molecule has 6 nitrogen and oxygen atoms in total. The number of carbonyl (C=O) groups excluding carboxylic acids is 3. The molecule has 1 saturated heterocycles. The maximum absolute atomic E-state index is 12.4. The van der Waals surface area contributed by atoms with E-state index in [2.05, 4.69) is 10.6 Å². The number of piperidine rings is 1. The first-order chi connectivity index (χ1) is 12.4. The van der Waals surface area contributed by atoms with Gasteiger partial charge in [-0.05, 0) is 44.2 Å². The molecular weight excluding hydrogens is 330 g/mol. The number of rotatable bonds is 6. The Labute approximate surface area is 155 Å². The first-order valence-electron chi connectivity index (χ1n) is 9.34. The van der Waals surface area contributed by atoms with Crippen LogP contribution in [-0.4, -0.2) is 42.3 Å². The lowest BCUT2D eigenvalue weighted by atomic mass is 9.96. The molecule has 1 fully saturated rings. The Morgan fingerprint density at radius 1 is 1.19 bits per heavy atom. The van der Waals surface area contributed by atoms with Gasteiger partial charge in [-0.3, -0.25) is 14.4 Å². The molecule has 142 valence electrons. The number of para-hydroxylation sites is 1. The Hall–Kier alpha value is -2.37. The zero-order valence-electron chi connectivity index (χ0n) is 15.9. The summed E-state index contributed by atoms with van der Waals surface area (Å²) in [4.78, 5) is 38.4. The van der Waals surface area contributed by atoms with Crippen molar-refractivity contribution >= 4 is 23.4 Å². The molecule has 0 spiro atoms. The van der Waals surface area contributed by atoms with Crippen molar-refractivity contribution < 1.29 is 14.4 Å². The van der Waals surface area contributed by atoms with Crippen LogP contribution in [0.1, 0.15) is 43.7 Å². The number of amides is 3. The highest BCUT2D eigenvalue weighted by atomic mass is 16.2. The van der Waals surface area contributed by atoms with E-state index < -0.39 is 0 Å². The molecule has 1 unspecified atom stereocenters. The standard InChI is InChI=1S/C20H29N3O3/c1-4-7-18(25)23-11-6-10-16(13-23)20(26)21-12-17(24)22-19-14(2)8-5-9-15(19)3/h5,8-9,16H,4,6-7,10-13H2,1-3H3,(H,21,26)(H,22,24). The highest BCUT2D eigenvalue weighted by Gasteiger charge is 2.28. The molecule has 0 aromatic heterocycles. The van der Waals surface area contributed by atoms with Crippen molar-refractivity contribution in [3.63, 3.8) is 0 Å². The van der Waals surface area contributed by atoms with E-state index in [1.165, 1.54) is 0 Å². The molecule has 3 amide bonds. The molecule has 1 aromatic rings.